The highest BCUT2D eigenvalue weighted by atomic mass is 16.7. The maximum absolute atomic E-state index is 13.0. The summed E-state index contributed by atoms with van der Waals surface area (Å²) in [5.41, 5.74) is 3.68. The lowest BCUT2D eigenvalue weighted by Crippen LogP contribution is -2.34. The van der Waals surface area contributed by atoms with Crippen molar-refractivity contribution in [3.8, 4) is 11.5 Å². The first kappa shape index (κ1) is 17.9. The third kappa shape index (κ3) is 4.23. The molecule has 0 bridgehead atoms. The quantitative estimate of drug-likeness (QED) is 0.720. The number of hydrogen-bond donors (Lipinski definition) is 1. The van der Waals surface area contributed by atoms with E-state index in [-0.39, 0.29) is 12.8 Å². The highest BCUT2D eigenvalue weighted by Gasteiger charge is 2.18. The summed E-state index contributed by atoms with van der Waals surface area (Å²) >= 11 is 0. The first-order valence-corrected chi connectivity index (χ1v) is 9.08. The van der Waals surface area contributed by atoms with Gasteiger partial charge in [0.15, 0.2) is 11.5 Å². The Kier molecular flexibility index (Phi) is 5.10. The number of pyridine rings is 1. The minimum atomic E-state index is -0.188. The van der Waals surface area contributed by atoms with Crippen molar-refractivity contribution in [3.05, 3.63) is 83.7 Å². The summed E-state index contributed by atoms with van der Waals surface area (Å²) < 4.78 is 10.8. The number of fused-ring (bicyclic) bond motifs is 1. The summed E-state index contributed by atoms with van der Waals surface area (Å²) in [7, 11) is 0. The average molecular weight is 375 g/mol. The van der Waals surface area contributed by atoms with Gasteiger partial charge in [0.25, 0.3) is 0 Å². The number of hydrogen-bond acceptors (Lipinski definition) is 4. The van der Waals surface area contributed by atoms with Crippen molar-refractivity contribution in [1.82, 2.24) is 9.88 Å². The smallest absolute Gasteiger partial charge is 0.322 e. The van der Waals surface area contributed by atoms with Crippen LogP contribution in [0, 0.1) is 6.92 Å². The molecular weight excluding hydrogens is 354 g/mol. The zero-order chi connectivity index (χ0) is 19.3. The fourth-order valence-electron chi connectivity index (χ4n) is 2.99. The van der Waals surface area contributed by atoms with Crippen molar-refractivity contribution >= 4 is 11.7 Å². The third-order valence-corrected chi connectivity index (χ3v) is 4.48. The molecule has 6 nitrogen and oxygen atoms in total. The van der Waals surface area contributed by atoms with Crippen molar-refractivity contribution in [1.29, 1.82) is 0 Å². The molecule has 0 spiro atoms. The van der Waals surface area contributed by atoms with E-state index in [4.69, 9.17) is 9.47 Å². The number of ether oxygens (including phenoxy) is 2. The second kappa shape index (κ2) is 8.00. The number of carbonyl (C=O) groups excluding carboxylic acids is 1. The number of amides is 2. The van der Waals surface area contributed by atoms with Crippen LogP contribution in [0.5, 0.6) is 11.5 Å². The van der Waals surface area contributed by atoms with Crippen molar-refractivity contribution in [3.63, 3.8) is 0 Å². The van der Waals surface area contributed by atoms with Crippen LogP contribution >= 0.6 is 0 Å². The molecule has 2 heterocycles. The molecule has 0 saturated carbocycles. The fraction of sp³-hybridized carbons (Fsp3) is 0.182. The summed E-state index contributed by atoms with van der Waals surface area (Å²) in [6, 6.07) is 18.9. The molecule has 2 amide bonds. The van der Waals surface area contributed by atoms with Gasteiger partial charge in [0, 0.05) is 18.4 Å². The molecule has 3 aromatic rings. The number of carbonyl (C=O) groups is 1. The lowest BCUT2D eigenvalue weighted by Gasteiger charge is -2.23. The van der Waals surface area contributed by atoms with E-state index in [0.717, 1.165) is 28.3 Å². The van der Waals surface area contributed by atoms with Crippen LogP contribution in [-0.4, -0.2) is 22.7 Å². The molecule has 28 heavy (non-hydrogen) atoms. The molecule has 2 aromatic carbocycles. The van der Waals surface area contributed by atoms with Crippen LogP contribution in [0.1, 0.15) is 16.8 Å². The molecule has 1 aliphatic heterocycles. The topological polar surface area (TPSA) is 63.7 Å². The van der Waals surface area contributed by atoms with Crippen LogP contribution in [0.3, 0.4) is 0 Å². The largest absolute Gasteiger partial charge is 0.454 e. The van der Waals surface area contributed by atoms with Crippen LogP contribution in [0.15, 0.2) is 66.9 Å². The Hall–Kier alpha value is -3.54. The predicted molar refractivity (Wildman–Crippen MR) is 106 cm³/mol. The van der Waals surface area contributed by atoms with Crippen molar-refractivity contribution in [2.75, 3.05) is 12.1 Å². The van der Waals surface area contributed by atoms with E-state index in [9.17, 15) is 4.79 Å². The van der Waals surface area contributed by atoms with Crippen LogP contribution in [0.4, 0.5) is 10.5 Å². The molecule has 1 aromatic heterocycles. The Morgan fingerprint density at radius 2 is 1.86 bits per heavy atom. The van der Waals surface area contributed by atoms with Crippen LogP contribution < -0.4 is 14.8 Å². The van der Waals surface area contributed by atoms with E-state index >= 15 is 0 Å². The van der Waals surface area contributed by atoms with Crippen LogP contribution in [0.25, 0.3) is 0 Å². The molecule has 0 fully saturated rings. The van der Waals surface area contributed by atoms with E-state index in [1.54, 1.807) is 11.1 Å². The highest BCUT2D eigenvalue weighted by molar-refractivity contribution is 5.89. The average Bonchev–Trinajstić information content (AvgIpc) is 3.18. The Bertz CT molecular complexity index is 959. The van der Waals surface area contributed by atoms with E-state index in [1.807, 2.05) is 67.6 Å². The van der Waals surface area contributed by atoms with Gasteiger partial charge < -0.3 is 19.7 Å². The Morgan fingerprint density at radius 3 is 2.64 bits per heavy atom. The molecule has 6 heteroatoms. The molecule has 0 aliphatic carbocycles. The summed E-state index contributed by atoms with van der Waals surface area (Å²) in [5, 5.41) is 2.97. The predicted octanol–water partition coefficient (Wildman–Crippen LogP) is 4.35. The monoisotopic (exact) mass is 375 g/mol. The number of nitrogens with one attached hydrogen (secondary N) is 1. The number of rotatable bonds is 5. The standard InChI is InChI=1S/C22H21N3O3/c1-16-5-8-18(9-6-16)24-22(26)25(14-19-4-2-3-11-23-19)13-17-7-10-20-21(12-17)28-15-27-20/h2-12H,13-15H2,1H3,(H,24,26). The molecular formula is C22H21N3O3. The number of urea groups is 1. The normalized spacial score (nSPS) is 11.9. The number of anilines is 1. The number of aryl methyl sites for hydroxylation is 1. The van der Waals surface area contributed by atoms with Gasteiger partial charge in [0.05, 0.1) is 12.2 Å². The molecule has 1 N–H and O–H groups in total. The van der Waals surface area contributed by atoms with E-state index < -0.39 is 0 Å². The maximum Gasteiger partial charge on any atom is 0.322 e. The zero-order valence-corrected chi connectivity index (χ0v) is 15.6. The van der Waals surface area contributed by atoms with E-state index in [2.05, 4.69) is 10.3 Å². The molecule has 0 unspecified atom stereocenters. The Balaban J connectivity index is 1.54. The van der Waals surface area contributed by atoms with E-state index in [0.29, 0.717) is 18.8 Å². The van der Waals surface area contributed by atoms with Gasteiger partial charge in [-0.3, -0.25) is 4.98 Å². The Labute approximate surface area is 163 Å². The lowest BCUT2D eigenvalue weighted by atomic mass is 10.2. The summed E-state index contributed by atoms with van der Waals surface area (Å²) in [4.78, 5) is 19.0. The maximum atomic E-state index is 13.0. The molecule has 1 aliphatic rings. The van der Waals surface area contributed by atoms with Gasteiger partial charge >= 0.3 is 6.03 Å². The van der Waals surface area contributed by atoms with Gasteiger partial charge in [-0.1, -0.05) is 29.8 Å². The van der Waals surface area contributed by atoms with Crippen LogP contribution in [0.2, 0.25) is 0 Å². The van der Waals surface area contributed by atoms with Gasteiger partial charge in [-0.2, -0.15) is 0 Å². The van der Waals surface area contributed by atoms with Crippen molar-refractivity contribution in [2.24, 2.45) is 0 Å². The van der Waals surface area contributed by atoms with Gasteiger partial charge in [0.1, 0.15) is 0 Å². The van der Waals surface area contributed by atoms with Crippen molar-refractivity contribution in [2.45, 2.75) is 20.0 Å². The van der Waals surface area contributed by atoms with Gasteiger partial charge in [0.2, 0.25) is 6.79 Å². The minimum absolute atomic E-state index is 0.188. The second-order valence-electron chi connectivity index (χ2n) is 6.66. The first-order valence-electron chi connectivity index (χ1n) is 9.08. The summed E-state index contributed by atoms with van der Waals surface area (Å²) in [5.74, 6) is 1.43. The molecule has 0 saturated heterocycles. The lowest BCUT2D eigenvalue weighted by molar-refractivity contribution is 0.174. The van der Waals surface area contributed by atoms with Crippen molar-refractivity contribution < 1.29 is 14.3 Å². The van der Waals surface area contributed by atoms with Gasteiger partial charge in [-0.05, 0) is 48.9 Å². The molecule has 4 rings (SSSR count). The minimum Gasteiger partial charge on any atom is -0.454 e. The van der Waals surface area contributed by atoms with Gasteiger partial charge in [-0.15, -0.1) is 0 Å². The van der Waals surface area contributed by atoms with Crippen LogP contribution in [-0.2, 0) is 13.1 Å². The highest BCUT2D eigenvalue weighted by Crippen LogP contribution is 2.33. The van der Waals surface area contributed by atoms with E-state index in [1.165, 1.54) is 0 Å². The zero-order valence-electron chi connectivity index (χ0n) is 15.6. The Morgan fingerprint density at radius 1 is 1.04 bits per heavy atom. The van der Waals surface area contributed by atoms with Gasteiger partial charge in [-0.25, -0.2) is 4.79 Å². The SMILES string of the molecule is Cc1ccc(NC(=O)N(Cc2ccc3c(c2)OCO3)Cc2ccccn2)cc1. The molecule has 142 valence electrons. The first-order chi connectivity index (χ1) is 13.7. The number of benzene rings is 2. The third-order valence-electron chi connectivity index (χ3n) is 4.48. The summed E-state index contributed by atoms with van der Waals surface area (Å²) in [6.07, 6.45) is 1.73. The number of aromatic nitrogens is 1. The fourth-order valence-corrected chi connectivity index (χ4v) is 2.99. The summed E-state index contributed by atoms with van der Waals surface area (Å²) in [6.45, 7) is 3.06. The second-order valence-corrected chi connectivity index (χ2v) is 6.66. The molecule has 0 atom stereocenters. The number of nitrogens with zero attached hydrogens (tertiary/aromatic N) is 2. The molecule has 0 radical (unpaired) electrons.